The van der Waals surface area contributed by atoms with Crippen LogP contribution in [0, 0.1) is 17.1 Å². The maximum atomic E-state index is 13.6. The van der Waals surface area contributed by atoms with Gasteiger partial charge in [-0.1, -0.05) is 11.6 Å². The van der Waals surface area contributed by atoms with E-state index in [0.29, 0.717) is 0 Å². The maximum Gasteiger partial charge on any atom is 0.310 e. The molecule has 0 N–H and O–H groups in total. The van der Waals surface area contributed by atoms with Gasteiger partial charge in [0, 0.05) is 29.0 Å². The molecule has 0 saturated carbocycles. The van der Waals surface area contributed by atoms with Crippen LogP contribution in [0.15, 0.2) is 24.4 Å². The first-order valence-electron chi connectivity index (χ1n) is 6.37. The monoisotopic (exact) mass is 324 g/mol. The molecule has 1 heterocycles. The van der Waals surface area contributed by atoms with Crippen LogP contribution in [-0.4, -0.2) is 16.3 Å². The minimum Gasteiger partial charge on any atom is -0.319 e. The van der Waals surface area contributed by atoms with E-state index in [1.54, 1.807) is 6.07 Å². The van der Waals surface area contributed by atoms with Gasteiger partial charge in [-0.2, -0.15) is 14.0 Å². The van der Waals surface area contributed by atoms with Crippen molar-refractivity contribution in [3.05, 3.63) is 52.1 Å². The SMILES string of the molecule is N#Cc1cn(-c2cc(F)cc(Cl)c2)c2c1C(=O)C(F)(F)CC2. The molecule has 1 aromatic carbocycles. The summed E-state index contributed by atoms with van der Waals surface area (Å²) in [7, 11) is 0. The minimum absolute atomic E-state index is 0.0934. The number of hydrogen-bond acceptors (Lipinski definition) is 2. The normalized spacial score (nSPS) is 16.2. The first kappa shape index (κ1) is 14.7. The number of alkyl halides is 2. The van der Waals surface area contributed by atoms with Crippen LogP contribution in [0.25, 0.3) is 5.69 Å². The van der Waals surface area contributed by atoms with E-state index < -0.39 is 23.9 Å². The van der Waals surface area contributed by atoms with E-state index in [4.69, 9.17) is 16.9 Å². The molecule has 0 bridgehead atoms. The molecule has 3 nitrogen and oxygen atoms in total. The van der Waals surface area contributed by atoms with Crippen molar-refractivity contribution in [2.45, 2.75) is 18.8 Å². The van der Waals surface area contributed by atoms with Crippen LogP contribution < -0.4 is 0 Å². The highest BCUT2D eigenvalue weighted by Crippen LogP contribution is 2.37. The third-order valence-electron chi connectivity index (χ3n) is 3.59. The highest BCUT2D eigenvalue weighted by Gasteiger charge is 2.46. The Morgan fingerprint density at radius 3 is 2.68 bits per heavy atom. The van der Waals surface area contributed by atoms with E-state index in [1.807, 2.05) is 0 Å². The number of halogens is 4. The van der Waals surface area contributed by atoms with Crippen LogP contribution in [0.4, 0.5) is 13.2 Å². The summed E-state index contributed by atoms with van der Waals surface area (Å²) in [5.74, 6) is -5.45. The van der Waals surface area contributed by atoms with Gasteiger partial charge in [0.1, 0.15) is 11.9 Å². The highest BCUT2D eigenvalue weighted by molar-refractivity contribution is 6.30. The minimum atomic E-state index is -3.48. The van der Waals surface area contributed by atoms with Crippen LogP contribution >= 0.6 is 11.6 Å². The molecular formula is C15H8ClF3N2O. The smallest absolute Gasteiger partial charge is 0.310 e. The lowest BCUT2D eigenvalue weighted by Crippen LogP contribution is -2.34. The molecule has 0 unspecified atom stereocenters. The van der Waals surface area contributed by atoms with E-state index in [1.165, 1.54) is 16.8 Å². The predicted molar refractivity (Wildman–Crippen MR) is 73.1 cm³/mol. The summed E-state index contributed by atoms with van der Waals surface area (Å²) >= 11 is 5.79. The number of hydrogen-bond donors (Lipinski definition) is 0. The van der Waals surface area contributed by atoms with Gasteiger partial charge in [-0.15, -0.1) is 0 Å². The van der Waals surface area contributed by atoms with Crippen molar-refractivity contribution in [1.29, 1.82) is 5.26 Å². The summed E-state index contributed by atoms with van der Waals surface area (Å²) in [6.07, 6.45) is 0.524. The fourth-order valence-corrected chi connectivity index (χ4v) is 2.83. The Bertz CT molecular complexity index is 816. The highest BCUT2D eigenvalue weighted by atomic mass is 35.5. The number of rotatable bonds is 1. The Hall–Kier alpha value is -2.26. The van der Waals surface area contributed by atoms with E-state index in [-0.39, 0.29) is 34.0 Å². The number of nitrogens with zero attached hydrogens (tertiary/aromatic N) is 2. The predicted octanol–water partition coefficient (Wildman–Crippen LogP) is 3.91. The van der Waals surface area contributed by atoms with E-state index in [9.17, 15) is 18.0 Å². The van der Waals surface area contributed by atoms with Crippen molar-refractivity contribution >= 4 is 17.4 Å². The molecule has 0 radical (unpaired) electrons. The Labute approximate surface area is 128 Å². The molecule has 112 valence electrons. The summed E-state index contributed by atoms with van der Waals surface area (Å²) in [5, 5.41) is 9.22. The van der Waals surface area contributed by atoms with Crippen LogP contribution in [0.5, 0.6) is 0 Å². The molecule has 0 aliphatic heterocycles. The van der Waals surface area contributed by atoms with Crippen LogP contribution in [-0.2, 0) is 6.42 Å². The Balaban J connectivity index is 2.25. The Kier molecular flexibility index (Phi) is 3.26. The average molecular weight is 325 g/mol. The van der Waals surface area contributed by atoms with Gasteiger partial charge in [-0.25, -0.2) is 4.39 Å². The summed E-state index contributed by atoms with van der Waals surface area (Å²) < 4.78 is 42.0. The molecule has 22 heavy (non-hydrogen) atoms. The first-order chi connectivity index (χ1) is 10.3. The maximum absolute atomic E-state index is 13.6. The van der Waals surface area contributed by atoms with Crippen molar-refractivity contribution in [2.24, 2.45) is 0 Å². The number of fused-ring (bicyclic) bond motifs is 1. The lowest BCUT2D eigenvalue weighted by molar-refractivity contribution is 0.00172. The van der Waals surface area contributed by atoms with E-state index in [2.05, 4.69) is 0 Å². The Morgan fingerprint density at radius 1 is 1.32 bits per heavy atom. The number of benzene rings is 1. The molecule has 0 spiro atoms. The van der Waals surface area contributed by atoms with Gasteiger partial charge < -0.3 is 4.57 Å². The van der Waals surface area contributed by atoms with Crippen LogP contribution in [0.2, 0.25) is 5.02 Å². The second kappa shape index (κ2) is 4.89. The molecule has 2 aromatic rings. The number of ketones is 1. The van der Waals surface area contributed by atoms with Gasteiger partial charge >= 0.3 is 5.92 Å². The van der Waals surface area contributed by atoms with Gasteiger partial charge in [0.25, 0.3) is 0 Å². The lowest BCUT2D eigenvalue weighted by Gasteiger charge is -2.22. The number of carbonyl (C=O) groups excluding carboxylic acids is 1. The first-order valence-corrected chi connectivity index (χ1v) is 6.74. The van der Waals surface area contributed by atoms with Crippen molar-refractivity contribution in [1.82, 2.24) is 4.57 Å². The molecule has 7 heteroatoms. The van der Waals surface area contributed by atoms with Crippen molar-refractivity contribution < 1.29 is 18.0 Å². The van der Waals surface area contributed by atoms with Gasteiger partial charge in [0.05, 0.1) is 11.1 Å². The Morgan fingerprint density at radius 2 is 2.05 bits per heavy atom. The quantitative estimate of drug-likeness (QED) is 0.798. The molecule has 1 aliphatic carbocycles. The summed E-state index contributed by atoms with van der Waals surface area (Å²) in [6, 6.07) is 5.43. The average Bonchev–Trinajstić information content (AvgIpc) is 2.81. The van der Waals surface area contributed by atoms with Crippen LogP contribution in [0.1, 0.15) is 28.0 Å². The largest absolute Gasteiger partial charge is 0.319 e. The molecule has 0 saturated heterocycles. The molecule has 0 atom stereocenters. The summed E-state index contributed by atoms with van der Waals surface area (Å²) in [6.45, 7) is 0. The second-order valence-electron chi connectivity index (χ2n) is 5.01. The molecule has 1 aromatic heterocycles. The zero-order chi connectivity index (χ0) is 16.1. The molecular weight excluding hydrogens is 317 g/mol. The van der Waals surface area contributed by atoms with Crippen molar-refractivity contribution in [3.8, 4) is 11.8 Å². The number of carbonyl (C=O) groups is 1. The van der Waals surface area contributed by atoms with Gasteiger partial charge in [0.15, 0.2) is 0 Å². The second-order valence-corrected chi connectivity index (χ2v) is 5.44. The molecule has 0 amide bonds. The van der Waals surface area contributed by atoms with Crippen LogP contribution in [0.3, 0.4) is 0 Å². The lowest BCUT2D eigenvalue weighted by atomic mass is 9.91. The zero-order valence-corrected chi connectivity index (χ0v) is 11.8. The topological polar surface area (TPSA) is 45.8 Å². The van der Waals surface area contributed by atoms with Gasteiger partial charge in [-0.3, -0.25) is 4.79 Å². The standard InChI is InChI=1S/C15H8ClF3N2O/c16-9-3-10(17)5-11(4-9)21-7-8(6-20)13-12(21)1-2-15(18,19)14(13)22/h3-5,7H,1-2H2. The fraction of sp³-hybridized carbons (Fsp3) is 0.200. The molecule has 1 aliphatic rings. The summed E-state index contributed by atoms with van der Waals surface area (Å²) in [4.78, 5) is 11.9. The van der Waals surface area contributed by atoms with Gasteiger partial charge in [-0.05, 0) is 24.6 Å². The van der Waals surface area contributed by atoms with Gasteiger partial charge in [0.2, 0.25) is 5.78 Å². The third-order valence-corrected chi connectivity index (χ3v) is 3.81. The van der Waals surface area contributed by atoms with E-state index in [0.717, 1.165) is 12.1 Å². The van der Waals surface area contributed by atoms with Crippen molar-refractivity contribution in [3.63, 3.8) is 0 Å². The number of Topliss-reactive ketones (excluding diaryl/α,β-unsaturated/α-hetero) is 1. The molecule has 0 fully saturated rings. The number of aromatic nitrogens is 1. The third kappa shape index (κ3) is 2.18. The number of nitriles is 1. The van der Waals surface area contributed by atoms with Crippen molar-refractivity contribution in [2.75, 3.05) is 0 Å². The molecule has 3 rings (SSSR count). The summed E-state index contributed by atoms with van der Waals surface area (Å²) in [5.41, 5.74) is 0.105. The fourth-order valence-electron chi connectivity index (χ4n) is 2.61. The zero-order valence-electron chi connectivity index (χ0n) is 11.0. The van der Waals surface area contributed by atoms with E-state index >= 15 is 0 Å².